The van der Waals surface area contributed by atoms with Crippen molar-refractivity contribution in [3.8, 4) is 0 Å². The Kier molecular flexibility index (Phi) is 3.50. The maximum absolute atomic E-state index is 6.13. The molecule has 2 spiro atoms. The highest BCUT2D eigenvalue weighted by Crippen LogP contribution is 2.48. The van der Waals surface area contributed by atoms with Crippen molar-refractivity contribution in [2.75, 3.05) is 39.4 Å². The minimum absolute atomic E-state index is 0.122. The molecule has 1 unspecified atom stereocenters. The lowest BCUT2D eigenvalue weighted by atomic mass is 9.73. The molecule has 0 aliphatic carbocycles. The first-order valence-electron chi connectivity index (χ1n) is 8.07. The smallest absolute Gasteiger partial charge is 0.177 e. The Balaban J connectivity index is 1.53. The number of nitrogens with one attached hydrogen (secondary N) is 1. The second-order valence-electron chi connectivity index (χ2n) is 6.60. The zero-order valence-electron chi connectivity index (χ0n) is 12.5. The zero-order chi connectivity index (χ0) is 14.2. The van der Waals surface area contributed by atoms with Gasteiger partial charge in [0, 0.05) is 32.6 Å². The summed E-state index contributed by atoms with van der Waals surface area (Å²) in [6, 6.07) is 10.8. The van der Waals surface area contributed by atoms with Crippen molar-refractivity contribution in [1.82, 2.24) is 10.2 Å². The first-order chi connectivity index (χ1) is 10.3. The number of nitrogens with zero attached hydrogens (tertiary/aromatic N) is 1. The van der Waals surface area contributed by atoms with Gasteiger partial charge in [0.15, 0.2) is 5.79 Å². The van der Waals surface area contributed by atoms with Crippen LogP contribution in [-0.2, 0) is 16.0 Å². The van der Waals surface area contributed by atoms with Crippen LogP contribution in [0.4, 0.5) is 0 Å². The summed E-state index contributed by atoms with van der Waals surface area (Å²) in [5.74, 6) is -0.330. The van der Waals surface area contributed by atoms with E-state index in [4.69, 9.17) is 9.47 Å². The van der Waals surface area contributed by atoms with Gasteiger partial charge in [-0.15, -0.1) is 0 Å². The van der Waals surface area contributed by atoms with Crippen molar-refractivity contribution >= 4 is 0 Å². The monoisotopic (exact) mass is 288 g/mol. The molecule has 1 atom stereocenters. The molecule has 0 bridgehead atoms. The first-order valence-corrected chi connectivity index (χ1v) is 8.07. The topological polar surface area (TPSA) is 33.7 Å². The number of likely N-dealkylation sites (tertiary alicyclic amines) is 1. The number of benzene rings is 1. The number of hydrogen-bond acceptors (Lipinski definition) is 4. The normalized spacial score (nSPS) is 32.2. The lowest BCUT2D eigenvalue weighted by Crippen LogP contribution is -2.61. The van der Waals surface area contributed by atoms with E-state index in [2.05, 4.69) is 40.5 Å². The van der Waals surface area contributed by atoms with Crippen LogP contribution in [-0.4, -0.2) is 50.1 Å². The fraction of sp³-hybridized carbons (Fsp3) is 0.647. The minimum Gasteiger partial charge on any atom is -0.347 e. The summed E-state index contributed by atoms with van der Waals surface area (Å²) in [5, 5.41) is 3.53. The third-order valence-electron chi connectivity index (χ3n) is 5.34. The Bertz CT molecular complexity index is 479. The quantitative estimate of drug-likeness (QED) is 0.896. The van der Waals surface area contributed by atoms with Gasteiger partial charge in [-0.2, -0.15) is 0 Å². The van der Waals surface area contributed by atoms with Crippen molar-refractivity contribution in [3.05, 3.63) is 35.9 Å². The van der Waals surface area contributed by atoms with Crippen LogP contribution in [0.1, 0.15) is 18.4 Å². The largest absolute Gasteiger partial charge is 0.347 e. The Hall–Kier alpha value is -0.940. The third-order valence-corrected chi connectivity index (χ3v) is 5.34. The molecular weight excluding hydrogens is 264 g/mol. The Morgan fingerprint density at radius 2 is 1.90 bits per heavy atom. The van der Waals surface area contributed by atoms with Gasteiger partial charge >= 0.3 is 0 Å². The number of rotatable bonds is 2. The van der Waals surface area contributed by atoms with E-state index in [0.29, 0.717) is 0 Å². The van der Waals surface area contributed by atoms with Crippen molar-refractivity contribution < 1.29 is 9.47 Å². The van der Waals surface area contributed by atoms with Gasteiger partial charge in [0.25, 0.3) is 0 Å². The number of hydrogen-bond donors (Lipinski definition) is 1. The van der Waals surface area contributed by atoms with E-state index >= 15 is 0 Å². The Morgan fingerprint density at radius 1 is 1.10 bits per heavy atom. The summed E-state index contributed by atoms with van der Waals surface area (Å²) in [5.41, 5.74) is 1.51. The molecule has 21 heavy (non-hydrogen) atoms. The molecule has 1 aromatic carbocycles. The highest BCUT2D eigenvalue weighted by Gasteiger charge is 2.59. The molecule has 0 amide bonds. The lowest BCUT2D eigenvalue weighted by molar-refractivity contribution is -0.259. The number of fused-ring (bicyclic) bond motifs is 1. The molecule has 4 nitrogen and oxygen atoms in total. The zero-order valence-corrected chi connectivity index (χ0v) is 12.5. The molecule has 114 valence electrons. The summed E-state index contributed by atoms with van der Waals surface area (Å²) in [6.45, 7) is 6.73. The van der Waals surface area contributed by atoms with Crippen LogP contribution < -0.4 is 5.32 Å². The molecule has 1 N–H and O–H groups in total. The number of ether oxygens (including phenoxy) is 2. The van der Waals surface area contributed by atoms with Crippen LogP contribution in [0, 0.1) is 5.41 Å². The van der Waals surface area contributed by atoms with Gasteiger partial charge in [-0.25, -0.2) is 0 Å². The van der Waals surface area contributed by atoms with E-state index in [1.165, 1.54) is 5.56 Å². The van der Waals surface area contributed by atoms with Gasteiger partial charge < -0.3 is 14.8 Å². The van der Waals surface area contributed by atoms with Crippen LogP contribution in [0.3, 0.4) is 0 Å². The van der Waals surface area contributed by atoms with Crippen LogP contribution >= 0.6 is 0 Å². The van der Waals surface area contributed by atoms with Crippen LogP contribution in [0.25, 0.3) is 0 Å². The van der Waals surface area contributed by atoms with E-state index in [1.54, 1.807) is 0 Å². The fourth-order valence-corrected chi connectivity index (χ4v) is 4.28. The third kappa shape index (κ3) is 2.30. The molecule has 0 aromatic heterocycles. The minimum atomic E-state index is -0.330. The average molecular weight is 288 g/mol. The number of piperidine rings is 1. The lowest BCUT2D eigenvalue weighted by Gasteiger charge is -2.51. The summed E-state index contributed by atoms with van der Waals surface area (Å²) in [7, 11) is 0. The molecular formula is C17H24N2O2. The SMILES string of the molecule is c1ccc(CN2CCC3(OCCO3)C3(CCNC3)C2)cc1. The predicted octanol–water partition coefficient (Wildman–Crippen LogP) is 1.62. The van der Waals surface area contributed by atoms with Crippen molar-refractivity contribution in [1.29, 1.82) is 0 Å². The van der Waals surface area contributed by atoms with Gasteiger partial charge in [0.1, 0.15) is 0 Å². The van der Waals surface area contributed by atoms with Gasteiger partial charge in [0.05, 0.1) is 18.6 Å². The van der Waals surface area contributed by atoms with Crippen molar-refractivity contribution in [2.45, 2.75) is 25.2 Å². The maximum Gasteiger partial charge on any atom is 0.177 e. The van der Waals surface area contributed by atoms with Gasteiger partial charge in [-0.05, 0) is 18.5 Å². The molecule has 3 heterocycles. The Morgan fingerprint density at radius 3 is 2.62 bits per heavy atom. The highest BCUT2D eigenvalue weighted by atomic mass is 16.7. The fourth-order valence-electron chi connectivity index (χ4n) is 4.28. The van der Waals surface area contributed by atoms with Crippen molar-refractivity contribution in [3.63, 3.8) is 0 Å². The average Bonchev–Trinajstić information content (AvgIpc) is 3.15. The van der Waals surface area contributed by atoms with Crippen LogP contribution in [0.5, 0.6) is 0 Å². The molecule has 1 aromatic rings. The summed E-state index contributed by atoms with van der Waals surface area (Å²) >= 11 is 0. The Labute approximate surface area is 126 Å². The van der Waals surface area contributed by atoms with Gasteiger partial charge in [0.2, 0.25) is 0 Å². The van der Waals surface area contributed by atoms with Crippen LogP contribution in [0.15, 0.2) is 30.3 Å². The van der Waals surface area contributed by atoms with E-state index in [1.807, 2.05) is 0 Å². The van der Waals surface area contributed by atoms with E-state index in [9.17, 15) is 0 Å². The summed E-state index contributed by atoms with van der Waals surface area (Å²) in [4.78, 5) is 2.57. The van der Waals surface area contributed by atoms with E-state index < -0.39 is 0 Å². The molecule has 3 saturated heterocycles. The molecule has 0 saturated carbocycles. The molecule has 4 rings (SSSR count). The second kappa shape index (κ2) is 5.36. The predicted molar refractivity (Wildman–Crippen MR) is 80.9 cm³/mol. The molecule has 0 radical (unpaired) electrons. The van der Waals surface area contributed by atoms with E-state index in [0.717, 1.165) is 58.8 Å². The van der Waals surface area contributed by atoms with Crippen LogP contribution in [0.2, 0.25) is 0 Å². The van der Waals surface area contributed by atoms with Gasteiger partial charge in [-0.3, -0.25) is 4.90 Å². The second-order valence-corrected chi connectivity index (χ2v) is 6.60. The molecule has 3 aliphatic heterocycles. The van der Waals surface area contributed by atoms with Gasteiger partial charge in [-0.1, -0.05) is 30.3 Å². The standard InChI is InChI=1S/C17H24N2O2/c1-2-4-15(5-3-1)12-19-9-7-17(20-10-11-21-17)16(14-19)6-8-18-13-16/h1-5,18H,6-14H2. The first kappa shape index (κ1) is 13.7. The van der Waals surface area contributed by atoms with E-state index in [-0.39, 0.29) is 11.2 Å². The molecule has 3 fully saturated rings. The maximum atomic E-state index is 6.13. The summed E-state index contributed by atoms with van der Waals surface area (Å²) in [6.07, 6.45) is 2.14. The van der Waals surface area contributed by atoms with Crippen molar-refractivity contribution in [2.24, 2.45) is 5.41 Å². The summed E-state index contributed by atoms with van der Waals surface area (Å²) < 4.78 is 12.3. The molecule has 4 heteroatoms. The molecule has 3 aliphatic rings. The highest BCUT2D eigenvalue weighted by molar-refractivity contribution is 5.15.